The molecule has 0 amide bonds. The van der Waals surface area contributed by atoms with E-state index in [1.54, 1.807) is 0 Å². The first kappa shape index (κ1) is 52.9. The molecule has 1 fully saturated rings. The van der Waals surface area contributed by atoms with Crippen LogP contribution in [0.15, 0.2) is 36.5 Å². The number of esters is 2. The van der Waals surface area contributed by atoms with Crippen LogP contribution in [-0.2, 0) is 28.5 Å². The summed E-state index contributed by atoms with van der Waals surface area (Å²) >= 11 is 0. The number of ether oxygens (including phenoxy) is 4. The zero-order chi connectivity index (χ0) is 41.6. The van der Waals surface area contributed by atoms with E-state index in [2.05, 4.69) is 50.3 Å². The van der Waals surface area contributed by atoms with Crippen LogP contribution >= 0.6 is 0 Å². The van der Waals surface area contributed by atoms with Crippen LogP contribution in [0.1, 0.15) is 194 Å². The van der Waals surface area contributed by atoms with E-state index in [1.165, 1.54) is 89.9 Å². The van der Waals surface area contributed by atoms with Crippen molar-refractivity contribution in [3.8, 4) is 0 Å². The molecule has 1 heterocycles. The zero-order valence-corrected chi connectivity index (χ0v) is 36.1. The maximum Gasteiger partial charge on any atom is 0.306 e. The number of hydrogen-bond donors (Lipinski definition) is 4. The number of allylic oxidation sites excluding steroid dienone is 6. The van der Waals surface area contributed by atoms with Gasteiger partial charge in [0.1, 0.15) is 31.0 Å². The predicted molar refractivity (Wildman–Crippen MR) is 229 cm³/mol. The second-order valence-corrected chi connectivity index (χ2v) is 15.8. The van der Waals surface area contributed by atoms with Gasteiger partial charge in [0, 0.05) is 12.8 Å². The molecule has 0 saturated carbocycles. The Morgan fingerprint density at radius 2 is 1.02 bits per heavy atom. The Bertz CT molecular complexity index is 1030. The monoisotopic (exact) mass is 809 g/mol. The molecule has 0 bridgehead atoms. The minimum absolute atomic E-state index is 0.213. The normalized spacial score (nSPS) is 20.6. The van der Waals surface area contributed by atoms with E-state index < -0.39 is 49.4 Å². The van der Waals surface area contributed by atoms with Crippen LogP contribution in [0.5, 0.6) is 0 Å². The largest absolute Gasteiger partial charge is 0.462 e. The summed E-state index contributed by atoms with van der Waals surface area (Å²) < 4.78 is 22.1. The van der Waals surface area contributed by atoms with Gasteiger partial charge in [-0.2, -0.15) is 0 Å². The van der Waals surface area contributed by atoms with Crippen LogP contribution in [0, 0.1) is 0 Å². The van der Waals surface area contributed by atoms with E-state index in [1.807, 2.05) is 0 Å². The van der Waals surface area contributed by atoms with E-state index >= 15 is 0 Å². The molecule has 0 aromatic carbocycles. The van der Waals surface area contributed by atoms with Crippen molar-refractivity contribution in [2.45, 2.75) is 230 Å². The first-order valence-electron chi connectivity index (χ1n) is 23.1. The Balaban J connectivity index is 2.30. The summed E-state index contributed by atoms with van der Waals surface area (Å²) in [5, 5.41) is 40.1. The van der Waals surface area contributed by atoms with Gasteiger partial charge in [-0.1, -0.05) is 153 Å². The lowest BCUT2D eigenvalue weighted by Crippen LogP contribution is -2.59. The Morgan fingerprint density at radius 3 is 1.54 bits per heavy atom. The number of aliphatic hydroxyl groups excluding tert-OH is 4. The molecule has 1 saturated heterocycles. The van der Waals surface area contributed by atoms with Crippen LogP contribution < -0.4 is 0 Å². The van der Waals surface area contributed by atoms with E-state index in [0.717, 1.165) is 70.6 Å². The van der Waals surface area contributed by atoms with E-state index in [-0.39, 0.29) is 32.0 Å². The highest BCUT2D eigenvalue weighted by molar-refractivity contribution is 5.70. The Morgan fingerprint density at radius 1 is 0.544 bits per heavy atom. The third-order valence-electron chi connectivity index (χ3n) is 10.5. The number of carbonyl (C=O) groups excluding carboxylic acids is 2. The van der Waals surface area contributed by atoms with E-state index in [4.69, 9.17) is 18.9 Å². The molecule has 332 valence electrons. The molecule has 0 aromatic heterocycles. The highest BCUT2D eigenvalue weighted by atomic mass is 16.7. The van der Waals surface area contributed by atoms with E-state index in [9.17, 15) is 30.0 Å². The summed E-state index contributed by atoms with van der Waals surface area (Å²) in [7, 11) is 0. The molecular formula is C47H84O10. The van der Waals surface area contributed by atoms with Crippen LogP contribution in [0.3, 0.4) is 0 Å². The smallest absolute Gasteiger partial charge is 0.306 e. The summed E-state index contributed by atoms with van der Waals surface area (Å²) in [4.78, 5) is 25.3. The molecule has 1 aliphatic rings. The molecule has 0 aromatic rings. The van der Waals surface area contributed by atoms with Gasteiger partial charge in [-0.05, 0) is 64.2 Å². The first-order valence-corrected chi connectivity index (χ1v) is 23.1. The number of rotatable bonds is 38. The molecule has 1 rings (SSSR count). The molecule has 6 atom stereocenters. The Kier molecular flexibility index (Phi) is 35.4. The maximum absolute atomic E-state index is 12.7. The van der Waals surface area contributed by atoms with Gasteiger partial charge in [0.05, 0.1) is 13.2 Å². The average molecular weight is 809 g/mol. The lowest BCUT2D eigenvalue weighted by Gasteiger charge is -2.39. The fourth-order valence-corrected chi connectivity index (χ4v) is 6.81. The number of carbonyl (C=O) groups is 2. The molecule has 4 N–H and O–H groups in total. The second-order valence-electron chi connectivity index (χ2n) is 15.8. The van der Waals surface area contributed by atoms with Crippen LogP contribution in [0.4, 0.5) is 0 Å². The van der Waals surface area contributed by atoms with Gasteiger partial charge in [-0.25, -0.2) is 0 Å². The van der Waals surface area contributed by atoms with Crippen molar-refractivity contribution in [1.29, 1.82) is 0 Å². The SMILES string of the molecule is CCC/C=C\C/C=C\CCCCCCCC(=O)OC(COC(=O)CCCCCCCCCCC/C=C\CCCCCCCC)COC1OC(CO)C(O)C(O)C1O. The van der Waals surface area contributed by atoms with Crippen molar-refractivity contribution in [2.75, 3.05) is 19.8 Å². The molecule has 57 heavy (non-hydrogen) atoms. The molecule has 6 unspecified atom stereocenters. The minimum atomic E-state index is -1.60. The summed E-state index contributed by atoms with van der Waals surface area (Å²) in [6.07, 6.45) is 35.8. The topological polar surface area (TPSA) is 152 Å². The standard InChI is InChI=1S/C47H84O10/c1-3-5-7-9-11-13-15-17-18-19-20-21-22-24-25-27-29-31-33-35-42(49)54-38-40(39-55-47-46(53)45(52)44(51)41(37-48)57-47)56-43(50)36-34-32-30-28-26-23-16-14-12-10-8-6-4-2/h8,10,14,16-18,40-41,44-48,51-53H,3-7,9,11-13,15,19-39H2,1-2H3/b10-8-,16-14-,18-17-. The lowest BCUT2D eigenvalue weighted by atomic mass is 9.99. The highest BCUT2D eigenvalue weighted by Gasteiger charge is 2.44. The van der Waals surface area contributed by atoms with Crippen molar-refractivity contribution < 1.29 is 49.0 Å². The summed E-state index contributed by atoms with van der Waals surface area (Å²) in [6.45, 7) is 3.34. The maximum atomic E-state index is 12.7. The molecule has 0 radical (unpaired) electrons. The summed E-state index contributed by atoms with van der Waals surface area (Å²) in [6, 6.07) is 0. The molecule has 1 aliphatic heterocycles. The lowest BCUT2D eigenvalue weighted by molar-refractivity contribution is -0.305. The predicted octanol–water partition coefficient (Wildman–Crippen LogP) is 9.89. The Hall–Kier alpha value is -2.08. The van der Waals surface area contributed by atoms with Crippen LogP contribution in [0.25, 0.3) is 0 Å². The molecular weight excluding hydrogens is 725 g/mol. The van der Waals surface area contributed by atoms with Crippen LogP contribution in [-0.4, -0.2) is 89.0 Å². The van der Waals surface area contributed by atoms with Gasteiger partial charge >= 0.3 is 11.9 Å². The summed E-state index contributed by atoms with van der Waals surface area (Å²) in [5.74, 6) is -0.823. The van der Waals surface area contributed by atoms with Crippen molar-refractivity contribution in [3.63, 3.8) is 0 Å². The molecule has 10 heteroatoms. The molecule has 0 spiro atoms. The number of unbranched alkanes of at least 4 members (excludes halogenated alkanes) is 21. The number of aliphatic hydroxyl groups is 4. The molecule has 0 aliphatic carbocycles. The first-order chi connectivity index (χ1) is 27.8. The Labute approximate surface area is 346 Å². The third kappa shape index (κ3) is 29.7. The fourth-order valence-electron chi connectivity index (χ4n) is 6.81. The van der Waals surface area contributed by atoms with Gasteiger partial charge in [0.2, 0.25) is 0 Å². The average Bonchev–Trinajstić information content (AvgIpc) is 3.21. The third-order valence-corrected chi connectivity index (χ3v) is 10.5. The van der Waals surface area contributed by atoms with E-state index in [0.29, 0.717) is 6.42 Å². The fraction of sp³-hybridized carbons (Fsp3) is 0.830. The van der Waals surface area contributed by atoms with Crippen molar-refractivity contribution in [3.05, 3.63) is 36.5 Å². The minimum Gasteiger partial charge on any atom is -0.462 e. The van der Waals surface area contributed by atoms with Gasteiger partial charge in [0.15, 0.2) is 12.4 Å². The van der Waals surface area contributed by atoms with Crippen LogP contribution in [0.2, 0.25) is 0 Å². The van der Waals surface area contributed by atoms with Crippen molar-refractivity contribution in [1.82, 2.24) is 0 Å². The van der Waals surface area contributed by atoms with Crippen molar-refractivity contribution in [2.24, 2.45) is 0 Å². The number of hydrogen-bond acceptors (Lipinski definition) is 10. The van der Waals surface area contributed by atoms with Gasteiger partial charge in [-0.3, -0.25) is 9.59 Å². The van der Waals surface area contributed by atoms with Gasteiger partial charge in [-0.15, -0.1) is 0 Å². The molecule has 10 nitrogen and oxygen atoms in total. The quantitative estimate of drug-likeness (QED) is 0.0270. The highest BCUT2D eigenvalue weighted by Crippen LogP contribution is 2.23. The zero-order valence-electron chi connectivity index (χ0n) is 36.1. The second kappa shape index (κ2) is 38.1. The van der Waals surface area contributed by atoms with Crippen molar-refractivity contribution >= 4 is 11.9 Å². The summed E-state index contributed by atoms with van der Waals surface area (Å²) in [5.41, 5.74) is 0. The van der Waals surface area contributed by atoms with Gasteiger partial charge < -0.3 is 39.4 Å². The van der Waals surface area contributed by atoms with Gasteiger partial charge in [0.25, 0.3) is 0 Å².